The molecule has 0 bridgehead atoms. The summed E-state index contributed by atoms with van der Waals surface area (Å²) in [6.45, 7) is 0. The Balaban J connectivity index is 1.69. The van der Waals surface area contributed by atoms with E-state index in [1.807, 2.05) is 24.3 Å². The SMILES string of the molecule is O=C1N(C2CCC2)C(c2ccc(Cl)cc2)NC12CCCC2. The van der Waals surface area contributed by atoms with Crippen molar-refractivity contribution in [3.05, 3.63) is 34.9 Å². The summed E-state index contributed by atoms with van der Waals surface area (Å²) in [5.41, 5.74) is 0.864. The van der Waals surface area contributed by atoms with Crippen LogP contribution in [0.4, 0.5) is 0 Å². The van der Waals surface area contributed by atoms with Crippen molar-refractivity contribution in [1.82, 2.24) is 10.2 Å². The van der Waals surface area contributed by atoms with Gasteiger partial charge in [0.15, 0.2) is 0 Å². The molecule has 1 amide bonds. The van der Waals surface area contributed by atoms with Crippen LogP contribution in [0.5, 0.6) is 0 Å². The van der Waals surface area contributed by atoms with Crippen molar-refractivity contribution in [2.24, 2.45) is 0 Å². The molecule has 112 valence electrons. The van der Waals surface area contributed by atoms with Crippen LogP contribution >= 0.6 is 11.6 Å². The van der Waals surface area contributed by atoms with Gasteiger partial charge in [-0.2, -0.15) is 0 Å². The number of carbonyl (C=O) groups excluding carboxylic acids is 1. The van der Waals surface area contributed by atoms with Crippen LogP contribution in [0.2, 0.25) is 5.02 Å². The van der Waals surface area contributed by atoms with E-state index in [2.05, 4.69) is 10.2 Å². The van der Waals surface area contributed by atoms with Gasteiger partial charge in [-0.25, -0.2) is 0 Å². The van der Waals surface area contributed by atoms with Crippen molar-refractivity contribution >= 4 is 17.5 Å². The molecule has 4 heteroatoms. The molecule has 3 aliphatic rings. The van der Waals surface area contributed by atoms with Gasteiger partial charge in [0, 0.05) is 11.1 Å². The summed E-state index contributed by atoms with van der Waals surface area (Å²) >= 11 is 6.00. The predicted molar refractivity (Wildman–Crippen MR) is 83.0 cm³/mol. The molecule has 2 aliphatic carbocycles. The zero-order valence-electron chi connectivity index (χ0n) is 12.1. The second-order valence-electron chi connectivity index (χ2n) is 6.68. The lowest BCUT2D eigenvalue weighted by atomic mass is 9.89. The number of halogens is 1. The molecule has 1 spiro atoms. The topological polar surface area (TPSA) is 32.3 Å². The molecule has 1 aromatic rings. The van der Waals surface area contributed by atoms with Crippen LogP contribution in [0, 0.1) is 0 Å². The minimum absolute atomic E-state index is 0.0261. The van der Waals surface area contributed by atoms with Gasteiger partial charge in [0.25, 0.3) is 0 Å². The van der Waals surface area contributed by atoms with Crippen molar-refractivity contribution in [1.29, 1.82) is 0 Å². The first-order chi connectivity index (χ1) is 10.2. The van der Waals surface area contributed by atoms with E-state index in [0.717, 1.165) is 49.1 Å². The summed E-state index contributed by atoms with van der Waals surface area (Å²) in [5, 5.41) is 4.43. The Bertz CT molecular complexity index is 546. The number of rotatable bonds is 2. The number of carbonyl (C=O) groups is 1. The number of nitrogens with zero attached hydrogens (tertiary/aromatic N) is 1. The third-order valence-corrected chi connectivity index (χ3v) is 5.70. The van der Waals surface area contributed by atoms with E-state index in [9.17, 15) is 4.79 Å². The molecule has 1 aromatic carbocycles. The Kier molecular flexibility index (Phi) is 3.23. The summed E-state index contributed by atoms with van der Waals surface area (Å²) < 4.78 is 0. The molecule has 1 atom stereocenters. The van der Waals surface area contributed by atoms with Crippen molar-refractivity contribution in [3.8, 4) is 0 Å². The molecule has 1 aliphatic heterocycles. The van der Waals surface area contributed by atoms with Crippen LogP contribution < -0.4 is 5.32 Å². The maximum absolute atomic E-state index is 13.1. The Morgan fingerprint density at radius 3 is 2.33 bits per heavy atom. The number of nitrogens with one attached hydrogen (secondary N) is 1. The Morgan fingerprint density at radius 1 is 1.10 bits per heavy atom. The van der Waals surface area contributed by atoms with Gasteiger partial charge in [0.05, 0.1) is 5.54 Å². The summed E-state index contributed by atoms with van der Waals surface area (Å²) in [5.74, 6) is 0.338. The summed E-state index contributed by atoms with van der Waals surface area (Å²) in [4.78, 5) is 15.2. The zero-order valence-corrected chi connectivity index (χ0v) is 12.9. The van der Waals surface area contributed by atoms with E-state index in [0.29, 0.717) is 11.9 Å². The highest BCUT2D eigenvalue weighted by Crippen LogP contribution is 2.44. The Hall–Kier alpha value is -1.06. The van der Waals surface area contributed by atoms with E-state index in [-0.39, 0.29) is 11.7 Å². The average Bonchev–Trinajstić information content (AvgIpc) is 3.00. The standard InChI is InChI=1S/C17H21ClN2O/c18-13-8-6-12(7-9-13)15-19-17(10-1-2-11-17)16(21)20(15)14-4-3-5-14/h6-9,14-15,19H,1-5,10-11H2. The Morgan fingerprint density at radius 2 is 1.76 bits per heavy atom. The van der Waals surface area contributed by atoms with Crippen LogP contribution in [0.25, 0.3) is 0 Å². The fraction of sp³-hybridized carbons (Fsp3) is 0.588. The van der Waals surface area contributed by atoms with Crippen LogP contribution in [-0.2, 0) is 4.79 Å². The van der Waals surface area contributed by atoms with Crippen molar-refractivity contribution in [2.45, 2.75) is 62.7 Å². The normalized spacial score (nSPS) is 28.3. The first-order valence-corrected chi connectivity index (χ1v) is 8.43. The molecular weight excluding hydrogens is 284 g/mol. The molecule has 1 saturated heterocycles. The molecule has 4 rings (SSSR count). The number of hydrogen-bond acceptors (Lipinski definition) is 2. The van der Waals surface area contributed by atoms with Crippen LogP contribution in [0.1, 0.15) is 56.7 Å². The quantitative estimate of drug-likeness (QED) is 0.905. The first-order valence-electron chi connectivity index (χ1n) is 8.06. The third-order valence-electron chi connectivity index (χ3n) is 5.45. The van der Waals surface area contributed by atoms with Crippen LogP contribution in [-0.4, -0.2) is 22.4 Å². The molecule has 2 saturated carbocycles. The molecular formula is C17H21ClN2O. The average molecular weight is 305 g/mol. The monoisotopic (exact) mass is 304 g/mol. The maximum Gasteiger partial charge on any atom is 0.244 e. The smallest absolute Gasteiger partial charge is 0.244 e. The largest absolute Gasteiger partial charge is 0.318 e. The molecule has 3 nitrogen and oxygen atoms in total. The highest BCUT2D eigenvalue weighted by molar-refractivity contribution is 6.30. The summed E-state index contributed by atoms with van der Waals surface area (Å²) in [6, 6.07) is 8.36. The zero-order chi connectivity index (χ0) is 14.4. The fourth-order valence-electron chi connectivity index (χ4n) is 4.02. The maximum atomic E-state index is 13.1. The van der Waals surface area contributed by atoms with E-state index in [1.165, 1.54) is 6.42 Å². The van der Waals surface area contributed by atoms with Gasteiger partial charge in [0.1, 0.15) is 6.17 Å². The lowest BCUT2D eigenvalue weighted by Gasteiger charge is -2.38. The molecule has 1 heterocycles. The Labute approximate surface area is 130 Å². The van der Waals surface area contributed by atoms with E-state index in [1.54, 1.807) is 0 Å². The molecule has 0 aromatic heterocycles. The van der Waals surface area contributed by atoms with E-state index in [4.69, 9.17) is 11.6 Å². The number of hydrogen-bond donors (Lipinski definition) is 1. The minimum atomic E-state index is -0.292. The van der Waals surface area contributed by atoms with Gasteiger partial charge < -0.3 is 4.90 Å². The van der Waals surface area contributed by atoms with Gasteiger partial charge in [-0.05, 0) is 49.8 Å². The van der Waals surface area contributed by atoms with Crippen LogP contribution in [0.15, 0.2) is 24.3 Å². The lowest BCUT2D eigenvalue weighted by Crippen LogP contribution is -2.47. The highest BCUT2D eigenvalue weighted by Gasteiger charge is 2.54. The summed E-state index contributed by atoms with van der Waals surface area (Å²) in [6.07, 6.45) is 7.85. The second kappa shape index (κ2) is 4.99. The molecule has 3 fully saturated rings. The molecule has 21 heavy (non-hydrogen) atoms. The van der Waals surface area contributed by atoms with Gasteiger partial charge in [0.2, 0.25) is 5.91 Å². The predicted octanol–water partition coefficient (Wildman–Crippen LogP) is 3.64. The summed E-state index contributed by atoms with van der Waals surface area (Å²) in [7, 11) is 0. The van der Waals surface area contributed by atoms with Crippen molar-refractivity contribution in [2.75, 3.05) is 0 Å². The van der Waals surface area contributed by atoms with Gasteiger partial charge in [-0.3, -0.25) is 10.1 Å². The molecule has 1 N–H and O–H groups in total. The van der Waals surface area contributed by atoms with Crippen molar-refractivity contribution < 1.29 is 4.79 Å². The molecule has 0 radical (unpaired) electrons. The van der Waals surface area contributed by atoms with E-state index >= 15 is 0 Å². The van der Waals surface area contributed by atoms with Gasteiger partial charge in [-0.1, -0.05) is 36.6 Å². The van der Waals surface area contributed by atoms with E-state index < -0.39 is 0 Å². The van der Waals surface area contributed by atoms with Crippen LogP contribution in [0.3, 0.4) is 0 Å². The highest BCUT2D eigenvalue weighted by atomic mass is 35.5. The first kappa shape index (κ1) is 13.6. The third kappa shape index (κ3) is 2.09. The number of benzene rings is 1. The fourth-order valence-corrected chi connectivity index (χ4v) is 4.15. The minimum Gasteiger partial charge on any atom is -0.318 e. The van der Waals surface area contributed by atoms with Gasteiger partial charge >= 0.3 is 0 Å². The van der Waals surface area contributed by atoms with Crippen molar-refractivity contribution in [3.63, 3.8) is 0 Å². The van der Waals surface area contributed by atoms with Gasteiger partial charge in [-0.15, -0.1) is 0 Å². The molecule has 1 unspecified atom stereocenters. The lowest BCUT2D eigenvalue weighted by molar-refractivity contribution is -0.137. The number of amides is 1. The second-order valence-corrected chi connectivity index (χ2v) is 7.12.